The van der Waals surface area contributed by atoms with E-state index in [9.17, 15) is 14.4 Å². The molecule has 124 valence electrons. The first-order valence-electron chi connectivity index (χ1n) is 7.83. The number of nitrogens with two attached hydrogens (primary N) is 1. The maximum Gasteiger partial charge on any atom is 0.306 e. The molecule has 0 unspecified atom stereocenters. The molecule has 1 aliphatic heterocycles. The summed E-state index contributed by atoms with van der Waals surface area (Å²) >= 11 is 0. The van der Waals surface area contributed by atoms with Crippen molar-refractivity contribution >= 4 is 17.8 Å². The summed E-state index contributed by atoms with van der Waals surface area (Å²) in [5.74, 6) is -1.36. The summed E-state index contributed by atoms with van der Waals surface area (Å²) in [6, 6.07) is 9.62. The highest BCUT2D eigenvalue weighted by Crippen LogP contribution is 2.16. The van der Waals surface area contributed by atoms with Gasteiger partial charge in [-0.25, -0.2) is 0 Å². The molecule has 2 N–H and O–H groups in total. The molecule has 6 nitrogen and oxygen atoms in total. The number of aryl methyl sites for hydroxylation is 1. The van der Waals surface area contributed by atoms with Crippen molar-refractivity contribution in [1.29, 1.82) is 0 Å². The minimum Gasteiger partial charge on any atom is -0.456 e. The molecule has 0 bridgehead atoms. The highest BCUT2D eigenvalue weighted by atomic mass is 16.5. The Hall–Kier alpha value is -2.37. The Bertz CT molecular complexity index is 559. The van der Waals surface area contributed by atoms with Gasteiger partial charge in [-0.3, -0.25) is 14.4 Å². The topological polar surface area (TPSA) is 89.7 Å². The largest absolute Gasteiger partial charge is 0.456 e. The van der Waals surface area contributed by atoms with Gasteiger partial charge < -0.3 is 15.4 Å². The first kappa shape index (κ1) is 17.0. The second kappa shape index (κ2) is 8.31. The van der Waals surface area contributed by atoms with E-state index >= 15 is 0 Å². The van der Waals surface area contributed by atoms with Crippen molar-refractivity contribution in [2.75, 3.05) is 19.7 Å². The van der Waals surface area contributed by atoms with Gasteiger partial charge in [0, 0.05) is 19.5 Å². The van der Waals surface area contributed by atoms with E-state index < -0.39 is 5.97 Å². The number of carbonyl (C=O) groups is 3. The number of primary amides is 1. The van der Waals surface area contributed by atoms with Gasteiger partial charge in [-0.15, -0.1) is 0 Å². The summed E-state index contributed by atoms with van der Waals surface area (Å²) in [5.41, 5.74) is 6.34. The fourth-order valence-corrected chi connectivity index (χ4v) is 2.63. The number of hydrogen-bond acceptors (Lipinski definition) is 4. The number of hydrogen-bond donors (Lipinski definition) is 1. The van der Waals surface area contributed by atoms with E-state index in [0.29, 0.717) is 25.9 Å². The highest BCUT2D eigenvalue weighted by Gasteiger charge is 2.27. The zero-order chi connectivity index (χ0) is 16.7. The summed E-state index contributed by atoms with van der Waals surface area (Å²) in [5, 5.41) is 0. The third-order valence-electron chi connectivity index (χ3n) is 3.99. The number of likely N-dealkylation sites (tertiary alicyclic amines) is 1. The van der Waals surface area contributed by atoms with E-state index in [-0.39, 0.29) is 30.8 Å². The molecule has 0 aromatic heterocycles. The van der Waals surface area contributed by atoms with Gasteiger partial charge in [0.05, 0.1) is 5.92 Å². The summed E-state index contributed by atoms with van der Waals surface area (Å²) in [6.45, 7) is 0.610. The van der Waals surface area contributed by atoms with Crippen LogP contribution in [0, 0.1) is 5.92 Å². The number of ether oxygens (including phenoxy) is 1. The Balaban J connectivity index is 1.71. The summed E-state index contributed by atoms with van der Waals surface area (Å²) < 4.78 is 5.03. The summed E-state index contributed by atoms with van der Waals surface area (Å²) in [6.07, 6.45) is 2.26. The van der Waals surface area contributed by atoms with Crippen LogP contribution in [0.25, 0.3) is 0 Å². The molecular weight excluding hydrogens is 296 g/mol. The van der Waals surface area contributed by atoms with Crippen molar-refractivity contribution < 1.29 is 19.1 Å². The van der Waals surface area contributed by atoms with Crippen molar-refractivity contribution in [3.63, 3.8) is 0 Å². The van der Waals surface area contributed by atoms with Crippen LogP contribution in [0.5, 0.6) is 0 Å². The van der Waals surface area contributed by atoms with Gasteiger partial charge in [-0.05, 0) is 24.8 Å². The van der Waals surface area contributed by atoms with Gasteiger partial charge in [-0.2, -0.15) is 0 Å². The van der Waals surface area contributed by atoms with Crippen LogP contribution in [0.15, 0.2) is 30.3 Å². The fraction of sp³-hybridized carbons (Fsp3) is 0.471. The van der Waals surface area contributed by atoms with Gasteiger partial charge >= 0.3 is 5.97 Å². The van der Waals surface area contributed by atoms with Crippen LogP contribution in [0.4, 0.5) is 0 Å². The first-order chi connectivity index (χ1) is 11.1. The molecule has 1 atom stereocenters. The lowest BCUT2D eigenvalue weighted by Crippen LogP contribution is -2.45. The van der Waals surface area contributed by atoms with Crippen molar-refractivity contribution in [1.82, 2.24) is 4.90 Å². The minimum atomic E-state index is -0.398. The zero-order valence-electron chi connectivity index (χ0n) is 13.1. The van der Waals surface area contributed by atoms with Crippen molar-refractivity contribution in [2.24, 2.45) is 11.7 Å². The lowest BCUT2D eigenvalue weighted by molar-refractivity contribution is -0.153. The average molecular weight is 318 g/mol. The SMILES string of the molecule is NC(=O)[C@@H]1CCCN(C(=O)COC(=O)CCc2ccccc2)C1. The number of esters is 1. The number of piperidine rings is 1. The highest BCUT2D eigenvalue weighted by molar-refractivity contribution is 5.82. The van der Waals surface area contributed by atoms with E-state index in [1.54, 1.807) is 4.90 Å². The fourth-order valence-electron chi connectivity index (χ4n) is 2.63. The molecule has 6 heteroatoms. The molecular formula is C17H22N2O4. The maximum atomic E-state index is 12.0. The standard InChI is InChI=1S/C17H22N2O4/c18-17(22)14-7-4-10-19(11-14)15(20)12-23-16(21)9-8-13-5-2-1-3-6-13/h1-3,5-6,14H,4,7-12H2,(H2,18,22)/t14-/m1/s1. The molecule has 2 amide bonds. The molecule has 0 spiro atoms. The predicted octanol–water partition coefficient (Wildman–Crippen LogP) is 0.886. The van der Waals surface area contributed by atoms with Gasteiger partial charge in [0.15, 0.2) is 6.61 Å². The molecule has 1 fully saturated rings. The van der Waals surface area contributed by atoms with E-state index in [4.69, 9.17) is 10.5 Å². The Morgan fingerprint density at radius 3 is 2.65 bits per heavy atom. The molecule has 0 radical (unpaired) electrons. The van der Waals surface area contributed by atoms with Gasteiger partial charge in [-0.1, -0.05) is 30.3 Å². The Labute approximate surface area is 135 Å². The second-order valence-electron chi connectivity index (χ2n) is 5.73. The monoisotopic (exact) mass is 318 g/mol. The molecule has 1 saturated heterocycles. The maximum absolute atomic E-state index is 12.0. The van der Waals surface area contributed by atoms with Gasteiger partial charge in [0.1, 0.15) is 0 Å². The molecule has 2 rings (SSSR count). The minimum absolute atomic E-state index is 0.237. The van der Waals surface area contributed by atoms with Crippen LogP contribution in [-0.2, 0) is 25.5 Å². The number of nitrogens with zero attached hydrogens (tertiary/aromatic N) is 1. The molecule has 1 aromatic rings. The molecule has 23 heavy (non-hydrogen) atoms. The lowest BCUT2D eigenvalue weighted by atomic mass is 9.97. The number of benzene rings is 1. The second-order valence-corrected chi connectivity index (χ2v) is 5.73. The lowest BCUT2D eigenvalue weighted by Gasteiger charge is -2.31. The molecule has 1 aliphatic rings. The third kappa shape index (κ3) is 5.39. The first-order valence-corrected chi connectivity index (χ1v) is 7.83. The Kier molecular flexibility index (Phi) is 6.14. The van der Waals surface area contributed by atoms with E-state index in [1.165, 1.54) is 0 Å². The van der Waals surface area contributed by atoms with Crippen LogP contribution in [0.2, 0.25) is 0 Å². The van der Waals surface area contributed by atoms with Crippen molar-refractivity contribution in [3.8, 4) is 0 Å². The number of amides is 2. The summed E-state index contributed by atoms with van der Waals surface area (Å²) in [4.78, 5) is 36.5. The van der Waals surface area contributed by atoms with Crippen LogP contribution in [-0.4, -0.2) is 42.4 Å². The molecule has 0 saturated carbocycles. The van der Waals surface area contributed by atoms with Crippen LogP contribution in [0.3, 0.4) is 0 Å². The third-order valence-corrected chi connectivity index (χ3v) is 3.99. The smallest absolute Gasteiger partial charge is 0.306 e. The van der Waals surface area contributed by atoms with Crippen LogP contribution >= 0.6 is 0 Å². The van der Waals surface area contributed by atoms with E-state index in [0.717, 1.165) is 12.0 Å². The quantitative estimate of drug-likeness (QED) is 0.789. The number of carbonyl (C=O) groups excluding carboxylic acids is 3. The van der Waals surface area contributed by atoms with Crippen LogP contribution < -0.4 is 5.73 Å². The predicted molar refractivity (Wildman–Crippen MR) is 84.2 cm³/mol. The Morgan fingerprint density at radius 1 is 1.22 bits per heavy atom. The average Bonchev–Trinajstić information content (AvgIpc) is 2.58. The van der Waals surface area contributed by atoms with Crippen LogP contribution in [0.1, 0.15) is 24.8 Å². The molecule has 1 heterocycles. The van der Waals surface area contributed by atoms with E-state index in [1.807, 2.05) is 30.3 Å². The number of rotatable bonds is 6. The van der Waals surface area contributed by atoms with Gasteiger partial charge in [0.2, 0.25) is 5.91 Å². The molecule has 0 aliphatic carbocycles. The molecule has 1 aromatic carbocycles. The zero-order valence-corrected chi connectivity index (χ0v) is 13.1. The summed E-state index contributed by atoms with van der Waals surface area (Å²) in [7, 11) is 0. The van der Waals surface area contributed by atoms with E-state index in [2.05, 4.69) is 0 Å². The Morgan fingerprint density at radius 2 is 1.96 bits per heavy atom. The van der Waals surface area contributed by atoms with Crippen molar-refractivity contribution in [2.45, 2.75) is 25.7 Å². The van der Waals surface area contributed by atoms with Crippen molar-refractivity contribution in [3.05, 3.63) is 35.9 Å². The normalized spacial score (nSPS) is 17.6. The van der Waals surface area contributed by atoms with Gasteiger partial charge in [0.25, 0.3) is 5.91 Å².